The van der Waals surface area contributed by atoms with Crippen LogP contribution in [0, 0.1) is 6.92 Å². The van der Waals surface area contributed by atoms with Crippen LogP contribution >= 0.6 is 11.6 Å². The van der Waals surface area contributed by atoms with Gasteiger partial charge in [0.15, 0.2) is 0 Å². The number of nitrogens with zero attached hydrogens (tertiary/aromatic N) is 2. The van der Waals surface area contributed by atoms with Crippen LogP contribution < -0.4 is 5.32 Å². The molecule has 0 spiro atoms. The van der Waals surface area contributed by atoms with Crippen molar-refractivity contribution in [1.82, 2.24) is 14.5 Å². The Morgan fingerprint density at radius 2 is 1.62 bits per heavy atom. The first-order chi connectivity index (χ1) is 15.1. The molecule has 7 nitrogen and oxygen atoms in total. The van der Waals surface area contributed by atoms with Crippen LogP contribution in [0.2, 0.25) is 5.02 Å². The summed E-state index contributed by atoms with van der Waals surface area (Å²) in [4.78, 5) is 27.5. The average molecular weight is 480 g/mol. The summed E-state index contributed by atoms with van der Waals surface area (Å²) in [5.74, 6) is -0.738. The van der Waals surface area contributed by atoms with E-state index in [1.165, 1.54) is 24.1 Å². The SMILES string of the molecule is CCNC(=O)C(CC)N(Cc1ccc(Cl)cc1)C(=O)CN(C)S(=O)(=O)c1ccc(C)cc1. The first-order valence-corrected chi connectivity index (χ1v) is 12.3. The lowest BCUT2D eigenvalue weighted by molar-refractivity contribution is -0.141. The zero-order valence-corrected chi connectivity index (χ0v) is 20.4. The van der Waals surface area contributed by atoms with E-state index in [0.29, 0.717) is 18.0 Å². The number of amides is 2. The molecule has 2 aromatic rings. The predicted molar refractivity (Wildman–Crippen MR) is 126 cm³/mol. The van der Waals surface area contributed by atoms with Crippen LogP contribution in [0.3, 0.4) is 0 Å². The van der Waals surface area contributed by atoms with Gasteiger partial charge in [-0.05, 0) is 50.1 Å². The Morgan fingerprint density at radius 1 is 1.03 bits per heavy atom. The largest absolute Gasteiger partial charge is 0.355 e. The fraction of sp³-hybridized carbons (Fsp3) is 0.391. The molecule has 0 aliphatic carbocycles. The summed E-state index contributed by atoms with van der Waals surface area (Å²) in [5, 5.41) is 3.32. The van der Waals surface area contributed by atoms with Gasteiger partial charge in [0.2, 0.25) is 21.8 Å². The average Bonchev–Trinajstić information content (AvgIpc) is 2.75. The summed E-state index contributed by atoms with van der Waals surface area (Å²) in [7, 11) is -2.50. The highest BCUT2D eigenvalue weighted by atomic mass is 35.5. The maximum atomic E-state index is 13.3. The Hall–Kier alpha value is -2.42. The lowest BCUT2D eigenvalue weighted by Gasteiger charge is -2.31. The van der Waals surface area contributed by atoms with E-state index < -0.39 is 22.0 Å². The highest BCUT2D eigenvalue weighted by Crippen LogP contribution is 2.18. The van der Waals surface area contributed by atoms with Crippen LogP contribution in [0.25, 0.3) is 0 Å². The molecular weight excluding hydrogens is 450 g/mol. The number of aryl methyl sites for hydroxylation is 1. The van der Waals surface area contributed by atoms with Gasteiger partial charge in [-0.3, -0.25) is 9.59 Å². The molecule has 2 rings (SSSR count). The van der Waals surface area contributed by atoms with Gasteiger partial charge in [0.25, 0.3) is 0 Å². The molecule has 0 aliphatic rings. The Labute approximate surface area is 195 Å². The van der Waals surface area contributed by atoms with Gasteiger partial charge < -0.3 is 10.2 Å². The fourth-order valence-electron chi connectivity index (χ4n) is 3.25. The van der Waals surface area contributed by atoms with Crippen molar-refractivity contribution in [2.24, 2.45) is 0 Å². The zero-order valence-electron chi connectivity index (χ0n) is 18.8. The van der Waals surface area contributed by atoms with Gasteiger partial charge in [0.05, 0.1) is 11.4 Å². The number of halogens is 1. The third-order valence-electron chi connectivity index (χ3n) is 5.09. The van der Waals surface area contributed by atoms with Gasteiger partial charge in [-0.1, -0.05) is 48.4 Å². The Kier molecular flexibility index (Phi) is 9.24. The Morgan fingerprint density at radius 3 is 2.16 bits per heavy atom. The first kappa shape index (κ1) is 25.8. The molecule has 0 radical (unpaired) electrons. The summed E-state index contributed by atoms with van der Waals surface area (Å²) in [6.07, 6.45) is 0.388. The van der Waals surface area contributed by atoms with Crippen LogP contribution in [0.1, 0.15) is 31.4 Å². The zero-order chi connectivity index (χ0) is 23.9. The van der Waals surface area contributed by atoms with Crippen molar-refractivity contribution in [1.29, 1.82) is 0 Å². The molecule has 0 aliphatic heterocycles. The molecule has 1 N–H and O–H groups in total. The maximum Gasteiger partial charge on any atom is 0.243 e. The van der Waals surface area contributed by atoms with Gasteiger partial charge in [0.1, 0.15) is 6.04 Å². The molecule has 2 aromatic carbocycles. The van der Waals surface area contributed by atoms with Crippen molar-refractivity contribution in [2.45, 2.75) is 44.7 Å². The molecule has 2 amide bonds. The van der Waals surface area contributed by atoms with Gasteiger partial charge in [0, 0.05) is 25.2 Å². The van der Waals surface area contributed by atoms with Crippen LogP contribution in [-0.4, -0.2) is 55.6 Å². The quantitative estimate of drug-likeness (QED) is 0.566. The van der Waals surface area contributed by atoms with Gasteiger partial charge >= 0.3 is 0 Å². The molecule has 0 fully saturated rings. The van der Waals surface area contributed by atoms with Crippen molar-refractivity contribution >= 4 is 33.4 Å². The minimum absolute atomic E-state index is 0.110. The first-order valence-electron chi connectivity index (χ1n) is 10.4. The molecule has 0 bridgehead atoms. The van der Waals surface area contributed by atoms with Crippen molar-refractivity contribution < 1.29 is 18.0 Å². The number of hydrogen-bond donors (Lipinski definition) is 1. The summed E-state index contributed by atoms with van der Waals surface area (Å²) in [6, 6.07) is 12.7. The molecular formula is C23H30ClN3O4S. The summed E-state index contributed by atoms with van der Waals surface area (Å²) < 4.78 is 26.9. The highest BCUT2D eigenvalue weighted by Gasteiger charge is 2.31. The predicted octanol–water partition coefficient (Wildman–Crippen LogP) is 3.21. The third-order valence-corrected chi connectivity index (χ3v) is 7.16. The highest BCUT2D eigenvalue weighted by molar-refractivity contribution is 7.89. The molecule has 0 heterocycles. The lowest BCUT2D eigenvalue weighted by atomic mass is 10.1. The number of benzene rings is 2. The summed E-state index contributed by atoms with van der Waals surface area (Å²) >= 11 is 5.96. The molecule has 32 heavy (non-hydrogen) atoms. The van der Waals surface area contributed by atoms with E-state index in [0.717, 1.165) is 15.4 Å². The van der Waals surface area contributed by atoms with E-state index in [1.54, 1.807) is 43.3 Å². The monoisotopic (exact) mass is 479 g/mol. The number of nitrogens with one attached hydrogen (secondary N) is 1. The van der Waals surface area contributed by atoms with E-state index in [-0.39, 0.29) is 23.9 Å². The van der Waals surface area contributed by atoms with Gasteiger partial charge in [-0.25, -0.2) is 8.42 Å². The molecule has 0 saturated carbocycles. The van der Waals surface area contributed by atoms with Crippen LogP contribution in [0.15, 0.2) is 53.4 Å². The van der Waals surface area contributed by atoms with E-state index >= 15 is 0 Å². The number of rotatable bonds is 10. The minimum Gasteiger partial charge on any atom is -0.355 e. The van der Waals surface area contributed by atoms with E-state index in [2.05, 4.69) is 5.32 Å². The number of carbonyl (C=O) groups is 2. The molecule has 0 saturated heterocycles. The maximum absolute atomic E-state index is 13.3. The summed E-state index contributed by atoms with van der Waals surface area (Å²) in [5.41, 5.74) is 1.72. The fourth-order valence-corrected chi connectivity index (χ4v) is 4.50. The normalized spacial score (nSPS) is 12.4. The van der Waals surface area contributed by atoms with Crippen molar-refractivity contribution in [3.05, 3.63) is 64.7 Å². The van der Waals surface area contributed by atoms with Gasteiger partial charge in [-0.15, -0.1) is 0 Å². The molecule has 1 unspecified atom stereocenters. The van der Waals surface area contributed by atoms with E-state index in [1.807, 2.05) is 13.8 Å². The second-order valence-electron chi connectivity index (χ2n) is 7.54. The topological polar surface area (TPSA) is 86.8 Å². The van der Waals surface area contributed by atoms with Crippen LogP contribution in [0.4, 0.5) is 0 Å². The second kappa shape index (κ2) is 11.4. The third kappa shape index (κ3) is 6.54. The molecule has 9 heteroatoms. The number of sulfonamides is 1. The van der Waals surface area contributed by atoms with Crippen molar-refractivity contribution in [3.8, 4) is 0 Å². The number of likely N-dealkylation sites (N-methyl/N-ethyl adjacent to an activating group) is 2. The van der Waals surface area contributed by atoms with Crippen LogP contribution in [0.5, 0.6) is 0 Å². The van der Waals surface area contributed by atoms with Gasteiger partial charge in [-0.2, -0.15) is 4.31 Å². The van der Waals surface area contributed by atoms with Crippen molar-refractivity contribution in [3.63, 3.8) is 0 Å². The minimum atomic E-state index is -3.86. The van der Waals surface area contributed by atoms with Crippen LogP contribution in [-0.2, 0) is 26.2 Å². The second-order valence-corrected chi connectivity index (χ2v) is 10.0. The Balaban J connectivity index is 2.30. The number of carbonyl (C=O) groups excluding carboxylic acids is 2. The molecule has 0 aromatic heterocycles. The Bertz CT molecular complexity index is 1020. The molecule has 1 atom stereocenters. The van der Waals surface area contributed by atoms with E-state index in [9.17, 15) is 18.0 Å². The van der Waals surface area contributed by atoms with Crippen molar-refractivity contribution in [2.75, 3.05) is 20.1 Å². The van der Waals surface area contributed by atoms with E-state index in [4.69, 9.17) is 11.6 Å². The standard InChI is InChI=1S/C23H30ClN3O4S/c1-5-21(23(29)25-6-2)27(15-18-9-11-19(24)12-10-18)22(28)16-26(4)32(30,31)20-13-7-17(3)8-14-20/h7-14,21H,5-6,15-16H2,1-4H3,(H,25,29). The smallest absolute Gasteiger partial charge is 0.243 e. The lowest BCUT2D eigenvalue weighted by Crippen LogP contribution is -2.51. The summed E-state index contributed by atoms with van der Waals surface area (Å²) in [6.45, 7) is 5.68. The number of hydrogen-bond acceptors (Lipinski definition) is 4. The molecule has 174 valence electrons.